The highest BCUT2D eigenvalue weighted by Gasteiger charge is 2.29. The van der Waals surface area contributed by atoms with Gasteiger partial charge >= 0.3 is 0 Å². The molecule has 0 unspecified atom stereocenters. The van der Waals surface area contributed by atoms with Crippen molar-refractivity contribution >= 4 is 33.4 Å². The zero-order chi connectivity index (χ0) is 13.3. The number of carbonyl (C=O) groups is 1. The van der Waals surface area contributed by atoms with Crippen molar-refractivity contribution in [1.82, 2.24) is 4.90 Å². The lowest BCUT2D eigenvalue weighted by Crippen LogP contribution is -2.37. The molecule has 1 fully saturated rings. The predicted octanol–water partition coefficient (Wildman–Crippen LogP) is 3.72. The van der Waals surface area contributed by atoms with E-state index < -0.39 is 5.82 Å². The van der Waals surface area contributed by atoms with E-state index in [9.17, 15) is 9.18 Å². The SMILES string of the molecule is CN(CC1CC(Br)C1)C(=O)c1ccc(F)cc1Cl. The zero-order valence-corrected chi connectivity index (χ0v) is 12.3. The van der Waals surface area contributed by atoms with E-state index in [-0.39, 0.29) is 10.9 Å². The Kier molecular flexibility index (Phi) is 4.28. The molecule has 5 heteroatoms. The normalized spacial score (nSPS) is 22.4. The molecular weight excluding hydrogens is 321 g/mol. The Bertz CT molecular complexity index is 462. The molecule has 1 aromatic rings. The van der Waals surface area contributed by atoms with Crippen LogP contribution in [0.2, 0.25) is 5.02 Å². The highest BCUT2D eigenvalue weighted by atomic mass is 79.9. The average Bonchev–Trinajstić information content (AvgIpc) is 2.26. The molecule has 2 rings (SSSR count). The van der Waals surface area contributed by atoms with Gasteiger partial charge in [-0.05, 0) is 37.0 Å². The molecule has 2 nitrogen and oxygen atoms in total. The standard InChI is InChI=1S/C13H14BrClFNO/c1-17(7-8-4-9(14)5-8)13(18)11-3-2-10(16)6-12(11)15/h2-3,6,8-9H,4-5,7H2,1H3. The van der Waals surface area contributed by atoms with E-state index in [0.717, 1.165) is 12.8 Å². The molecule has 1 saturated carbocycles. The lowest BCUT2D eigenvalue weighted by Gasteiger charge is -2.34. The molecule has 0 aromatic heterocycles. The van der Waals surface area contributed by atoms with Crippen molar-refractivity contribution in [3.63, 3.8) is 0 Å². The minimum absolute atomic E-state index is 0.155. The number of hydrogen-bond acceptors (Lipinski definition) is 1. The van der Waals surface area contributed by atoms with E-state index in [4.69, 9.17) is 11.6 Å². The second kappa shape index (κ2) is 5.57. The number of nitrogens with zero attached hydrogens (tertiary/aromatic N) is 1. The van der Waals surface area contributed by atoms with Crippen molar-refractivity contribution < 1.29 is 9.18 Å². The number of alkyl halides is 1. The fourth-order valence-electron chi connectivity index (χ4n) is 2.14. The fraction of sp³-hybridized carbons (Fsp3) is 0.462. The van der Waals surface area contributed by atoms with Crippen molar-refractivity contribution in [1.29, 1.82) is 0 Å². The Morgan fingerprint density at radius 3 is 2.78 bits per heavy atom. The first-order valence-corrected chi connectivity index (χ1v) is 7.11. The summed E-state index contributed by atoms with van der Waals surface area (Å²) in [4.78, 5) is 14.4. The monoisotopic (exact) mass is 333 g/mol. The van der Waals surface area contributed by atoms with Crippen molar-refractivity contribution in [2.24, 2.45) is 5.92 Å². The molecule has 1 amide bonds. The highest BCUT2D eigenvalue weighted by Crippen LogP contribution is 2.34. The highest BCUT2D eigenvalue weighted by molar-refractivity contribution is 9.09. The largest absolute Gasteiger partial charge is 0.341 e. The van der Waals surface area contributed by atoms with Crippen LogP contribution in [-0.4, -0.2) is 29.2 Å². The van der Waals surface area contributed by atoms with Crippen LogP contribution < -0.4 is 0 Å². The first-order chi connectivity index (χ1) is 8.47. The zero-order valence-electron chi connectivity index (χ0n) is 10.00. The van der Waals surface area contributed by atoms with E-state index in [1.807, 2.05) is 0 Å². The van der Waals surface area contributed by atoms with E-state index in [1.54, 1.807) is 11.9 Å². The number of benzene rings is 1. The molecule has 0 saturated heterocycles. The van der Waals surface area contributed by atoms with Gasteiger partial charge in [0.25, 0.3) is 5.91 Å². The summed E-state index contributed by atoms with van der Waals surface area (Å²) in [5.74, 6) is -0.0408. The number of rotatable bonds is 3. The molecule has 98 valence electrons. The lowest BCUT2D eigenvalue weighted by molar-refractivity contribution is 0.0749. The Balaban J connectivity index is 2.01. The summed E-state index contributed by atoms with van der Waals surface area (Å²) in [5.41, 5.74) is 0.357. The maximum Gasteiger partial charge on any atom is 0.255 e. The fourth-order valence-corrected chi connectivity index (χ4v) is 3.45. The van der Waals surface area contributed by atoms with Crippen LogP contribution in [0.15, 0.2) is 18.2 Å². The van der Waals surface area contributed by atoms with Gasteiger partial charge < -0.3 is 4.90 Å². The first-order valence-electron chi connectivity index (χ1n) is 5.82. The molecular formula is C13H14BrClFNO. The Hall–Kier alpha value is -0.610. The van der Waals surface area contributed by atoms with Crippen LogP contribution in [0, 0.1) is 11.7 Å². The molecule has 18 heavy (non-hydrogen) atoms. The average molecular weight is 335 g/mol. The molecule has 1 aliphatic rings. The maximum absolute atomic E-state index is 12.9. The molecule has 0 N–H and O–H groups in total. The molecule has 0 bridgehead atoms. The third kappa shape index (κ3) is 3.04. The van der Waals surface area contributed by atoms with E-state index in [1.165, 1.54) is 18.2 Å². The summed E-state index contributed by atoms with van der Waals surface area (Å²) in [6.45, 7) is 0.717. The number of amides is 1. The van der Waals surface area contributed by atoms with Crippen molar-refractivity contribution in [2.75, 3.05) is 13.6 Å². The minimum atomic E-state index is -0.430. The maximum atomic E-state index is 12.9. The Morgan fingerprint density at radius 1 is 1.56 bits per heavy atom. The second-order valence-corrected chi connectivity index (χ2v) is 6.45. The van der Waals surface area contributed by atoms with Gasteiger partial charge in [-0.3, -0.25) is 4.79 Å². The molecule has 0 heterocycles. The van der Waals surface area contributed by atoms with Crippen LogP contribution in [0.25, 0.3) is 0 Å². The van der Waals surface area contributed by atoms with E-state index in [0.29, 0.717) is 22.9 Å². The third-order valence-electron chi connectivity index (χ3n) is 3.22. The topological polar surface area (TPSA) is 20.3 Å². The molecule has 0 spiro atoms. The van der Waals surface area contributed by atoms with E-state index in [2.05, 4.69) is 15.9 Å². The van der Waals surface area contributed by atoms with Gasteiger partial charge in [-0.1, -0.05) is 27.5 Å². The van der Waals surface area contributed by atoms with Gasteiger partial charge in [-0.15, -0.1) is 0 Å². The number of halogens is 3. The van der Waals surface area contributed by atoms with Crippen LogP contribution in [0.5, 0.6) is 0 Å². The summed E-state index contributed by atoms with van der Waals surface area (Å²) in [7, 11) is 1.75. The quantitative estimate of drug-likeness (QED) is 0.771. The summed E-state index contributed by atoms with van der Waals surface area (Å²) < 4.78 is 12.9. The van der Waals surface area contributed by atoms with Crippen LogP contribution in [0.1, 0.15) is 23.2 Å². The number of hydrogen-bond donors (Lipinski definition) is 0. The van der Waals surface area contributed by atoms with Gasteiger partial charge in [0.1, 0.15) is 5.82 Å². The van der Waals surface area contributed by atoms with Crippen molar-refractivity contribution in [3.8, 4) is 0 Å². The predicted molar refractivity (Wildman–Crippen MR) is 73.8 cm³/mol. The summed E-state index contributed by atoms with van der Waals surface area (Å²) in [6.07, 6.45) is 2.18. The molecule has 0 aliphatic heterocycles. The Morgan fingerprint density at radius 2 is 2.22 bits per heavy atom. The molecule has 1 aliphatic carbocycles. The van der Waals surface area contributed by atoms with Gasteiger partial charge in [-0.25, -0.2) is 4.39 Å². The first kappa shape index (κ1) is 13.8. The van der Waals surface area contributed by atoms with E-state index >= 15 is 0 Å². The van der Waals surface area contributed by atoms with Crippen LogP contribution in [0.3, 0.4) is 0 Å². The third-order valence-corrected chi connectivity index (χ3v) is 4.28. The van der Waals surface area contributed by atoms with Gasteiger partial charge in [0.15, 0.2) is 0 Å². The van der Waals surface area contributed by atoms with Crippen LogP contribution >= 0.6 is 27.5 Å². The van der Waals surface area contributed by atoms with Gasteiger partial charge in [0.05, 0.1) is 10.6 Å². The smallest absolute Gasteiger partial charge is 0.255 e. The van der Waals surface area contributed by atoms with Crippen molar-refractivity contribution in [3.05, 3.63) is 34.6 Å². The summed E-state index contributed by atoms with van der Waals surface area (Å²) >= 11 is 9.41. The summed E-state index contributed by atoms with van der Waals surface area (Å²) in [5, 5.41) is 0.166. The summed E-state index contributed by atoms with van der Waals surface area (Å²) in [6, 6.07) is 3.86. The van der Waals surface area contributed by atoms with Crippen molar-refractivity contribution in [2.45, 2.75) is 17.7 Å². The lowest BCUT2D eigenvalue weighted by atomic mass is 9.85. The molecule has 1 aromatic carbocycles. The van der Waals surface area contributed by atoms with Crippen LogP contribution in [-0.2, 0) is 0 Å². The van der Waals surface area contributed by atoms with Gasteiger partial charge in [0.2, 0.25) is 0 Å². The molecule has 0 atom stereocenters. The van der Waals surface area contributed by atoms with Crippen LogP contribution in [0.4, 0.5) is 4.39 Å². The second-order valence-electron chi connectivity index (χ2n) is 4.74. The minimum Gasteiger partial charge on any atom is -0.341 e. The molecule has 0 radical (unpaired) electrons. The number of carbonyl (C=O) groups excluding carboxylic acids is 1. The van der Waals surface area contributed by atoms with Gasteiger partial charge in [-0.2, -0.15) is 0 Å². The Labute approximate surface area is 119 Å². The van der Waals surface area contributed by atoms with Gasteiger partial charge in [0, 0.05) is 18.4 Å².